The topological polar surface area (TPSA) is 120 Å². The Kier molecular flexibility index (Phi) is 4.14. The van der Waals surface area contributed by atoms with E-state index in [1.165, 1.54) is 0 Å². The molecule has 0 bridgehead atoms. The number of nitrogens with zero attached hydrogens (tertiary/aromatic N) is 2. The highest BCUT2D eigenvalue weighted by molar-refractivity contribution is 5.79. The Bertz CT molecular complexity index is 406. The van der Waals surface area contributed by atoms with Gasteiger partial charge in [-0.1, -0.05) is 6.42 Å². The standard InChI is InChI=1S/C11H19N5O2/c12-6-7-2-1-3-8(7)10(17)14-5-4-9-15-11(13)16-18-9/h7-8H,1-6,12H2,(H2,13,16)(H,14,17)/t7-,8-/m1/s1. The van der Waals surface area contributed by atoms with E-state index in [1.807, 2.05) is 0 Å². The van der Waals surface area contributed by atoms with Crippen molar-refractivity contribution >= 4 is 11.9 Å². The first kappa shape index (κ1) is 12.8. The molecule has 5 N–H and O–H groups in total. The summed E-state index contributed by atoms with van der Waals surface area (Å²) < 4.78 is 4.86. The maximum Gasteiger partial charge on any atom is 0.260 e. The summed E-state index contributed by atoms with van der Waals surface area (Å²) in [5.41, 5.74) is 11.0. The van der Waals surface area contributed by atoms with Gasteiger partial charge in [0, 0.05) is 18.9 Å². The highest BCUT2D eigenvalue weighted by Gasteiger charge is 2.31. The van der Waals surface area contributed by atoms with Crippen LogP contribution in [-0.4, -0.2) is 29.1 Å². The maximum absolute atomic E-state index is 12.0. The summed E-state index contributed by atoms with van der Waals surface area (Å²) in [6, 6.07) is 0. The van der Waals surface area contributed by atoms with Crippen molar-refractivity contribution in [3.8, 4) is 0 Å². The molecule has 1 saturated carbocycles. The molecule has 0 aliphatic heterocycles. The molecule has 1 aromatic heterocycles. The van der Waals surface area contributed by atoms with E-state index in [2.05, 4.69) is 15.5 Å². The summed E-state index contributed by atoms with van der Waals surface area (Å²) in [6.45, 7) is 1.06. The fourth-order valence-electron chi connectivity index (χ4n) is 2.46. The summed E-state index contributed by atoms with van der Waals surface area (Å²) in [5.74, 6) is 1.02. The van der Waals surface area contributed by atoms with Crippen LogP contribution in [0.25, 0.3) is 0 Å². The molecule has 1 heterocycles. The van der Waals surface area contributed by atoms with Crippen LogP contribution >= 0.6 is 0 Å². The monoisotopic (exact) mass is 253 g/mol. The molecule has 1 amide bonds. The molecule has 2 rings (SSSR count). The number of nitrogens with one attached hydrogen (secondary N) is 1. The van der Waals surface area contributed by atoms with Gasteiger partial charge in [0.1, 0.15) is 0 Å². The van der Waals surface area contributed by atoms with Crippen molar-refractivity contribution in [3.63, 3.8) is 0 Å². The van der Waals surface area contributed by atoms with Crippen molar-refractivity contribution in [3.05, 3.63) is 5.89 Å². The van der Waals surface area contributed by atoms with Gasteiger partial charge in [-0.25, -0.2) is 0 Å². The molecule has 0 unspecified atom stereocenters. The predicted molar refractivity (Wildman–Crippen MR) is 65.3 cm³/mol. The first-order chi connectivity index (χ1) is 8.70. The second-order valence-electron chi connectivity index (χ2n) is 4.62. The van der Waals surface area contributed by atoms with Crippen molar-refractivity contribution in [1.29, 1.82) is 0 Å². The van der Waals surface area contributed by atoms with Crippen LogP contribution in [0.1, 0.15) is 25.2 Å². The van der Waals surface area contributed by atoms with Gasteiger partial charge in [0.15, 0.2) is 0 Å². The number of aromatic nitrogens is 2. The van der Waals surface area contributed by atoms with Crippen molar-refractivity contribution in [1.82, 2.24) is 15.5 Å². The lowest BCUT2D eigenvalue weighted by atomic mass is 9.95. The predicted octanol–water partition coefficient (Wildman–Crippen LogP) is -0.314. The van der Waals surface area contributed by atoms with Crippen LogP contribution in [-0.2, 0) is 11.2 Å². The Morgan fingerprint density at radius 1 is 1.50 bits per heavy atom. The zero-order valence-electron chi connectivity index (χ0n) is 10.3. The molecule has 1 aliphatic rings. The van der Waals surface area contributed by atoms with Gasteiger partial charge in [-0.15, -0.1) is 0 Å². The van der Waals surface area contributed by atoms with E-state index in [0.717, 1.165) is 19.3 Å². The Balaban J connectivity index is 1.74. The summed E-state index contributed by atoms with van der Waals surface area (Å²) in [5, 5.41) is 6.36. The number of anilines is 1. The van der Waals surface area contributed by atoms with E-state index in [1.54, 1.807) is 0 Å². The van der Waals surface area contributed by atoms with Crippen molar-refractivity contribution in [2.75, 3.05) is 18.8 Å². The summed E-state index contributed by atoms with van der Waals surface area (Å²) in [4.78, 5) is 15.8. The Hall–Kier alpha value is -1.63. The van der Waals surface area contributed by atoms with Crippen LogP contribution in [0.4, 0.5) is 5.95 Å². The van der Waals surface area contributed by atoms with Crippen LogP contribution in [0.2, 0.25) is 0 Å². The van der Waals surface area contributed by atoms with Gasteiger partial charge in [-0.05, 0) is 30.5 Å². The molecular weight excluding hydrogens is 234 g/mol. The highest BCUT2D eigenvalue weighted by Crippen LogP contribution is 2.30. The van der Waals surface area contributed by atoms with Gasteiger partial charge in [-0.2, -0.15) is 4.98 Å². The van der Waals surface area contributed by atoms with Gasteiger partial charge in [0.25, 0.3) is 5.95 Å². The molecule has 18 heavy (non-hydrogen) atoms. The normalized spacial score (nSPS) is 23.2. The number of hydrogen-bond acceptors (Lipinski definition) is 6. The average Bonchev–Trinajstić information content (AvgIpc) is 2.97. The van der Waals surface area contributed by atoms with E-state index in [9.17, 15) is 4.79 Å². The van der Waals surface area contributed by atoms with E-state index in [0.29, 0.717) is 31.3 Å². The fourth-order valence-corrected chi connectivity index (χ4v) is 2.46. The van der Waals surface area contributed by atoms with Gasteiger partial charge in [0.05, 0.1) is 0 Å². The van der Waals surface area contributed by atoms with Crippen LogP contribution in [0.5, 0.6) is 0 Å². The molecule has 1 aliphatic carbocycles. The number of carbonyl (C=O) groups is 1. The number of amides is 1. The summed E-state index contributed by atoms with van der Waals surface area (Å²) in [7, 11) is 0. The lowest BCUT2D eigenvalue weighted by Gasteiger charge is -2.16. The third-order valence-electron chi connectivity index (χ3n) is 3.42. The SMILES string of the molecule is NC[C@H]1CCC[C@H]1C(=O)NCCc1nc(N)no1. The minimum atomic E-state index is 0.0581. The molecule has 100 valence electrons. The molecular formula is C11H19N5O2. The van der Waals surface area contributed by atoms with E-state index in [4.69, 9.17) is 16.0 Å². The van der Waals surface area contributed by atoms with Gasteiger partial charge in [-0.3, -0.25) is 4.79 Å². The van der Waals surface area contributed by atoms with E-state index >= 15 is 0 Å². The second-order valence-corrected chi connectivity index (χ2v) is 4.62. The number of nitrogen functional groups attached to an aromatic ring is 1. The van der Waals surface area contributed by atoms with Gasteiger partial charge < -0.3 is 21.3 Å². The van der Waals surface area contributed by atoms with Crippen LogP contribution in [0.15, 0.2) is 4.52 Å². The minimum Gasteiger partial charge on any atom is -0.365 e. The summed E-state index contributed by atoms with van der Waals surface area (Å²) in [6.07, 6.45) is 3.56. The van der Waals surface area contributed by atoms with Crippen molar-refractivity contribution < 1.29 is 9.32 Å². The molecule has 0 spiro atoms. The molecule has 7 nitrogen and oxygen atoms in total. The number of carbonyl (C=O) groups excluding carboxylic acids is 1. The van der Waals surface area contributed by atoms with Gasteiger partial charge >= 0.3 is 0 Å². The summed E-state index contributed by atoms with van der Waals surface area (Å²) >= 11 is 0. The van der Waals surface area contributed by atoms with E-state index in [-0.39, 0.29) is 17.8 Å². The molecule has 1 fully saturated rings. The molecule has 7 heteroatoms. The number of rotatable bonds is 5. The van der Waals surface area contributed by atoms with Crippen molar-refractivity contribution in [2.24, 2.45) is 17.6 Å². The first-order valence-electron chi connectivity index (χ1n) is 6.26. The van der Waals surface area contributed by atoms with E-state index < -0.39 is 0 Å². The number of hydrogen-bond donors (Lipinski definition) is 3. The van der Waals surface area contributed by atoms with Crippen LogP contribution in [0, 0.1) is 11.8 Å². The van der Waals surface area contributed by atoms with Gasteiger partial charge in [0.2, 0.25) is 11.8 Å². The van der Waals surface area contributed by atoms with Crippen LogP contribution < -0.4 is 16.8 Å². The largest absolute Gasteiger partial charge is 0.365 e. The average molecular weight is 253 g/mol. The Morgan fingerprint density at radius 3 is 3.00 bits per heavy atom. The molecule has 0 aromatic carbocycles. The zero-order valence-corrected chi connectivity index (χ0v) is 10.3. The lowest BCUT2D eigenvalue weighted by Crippen LogP contribution is -2.36. The highest BCUT2D eigenvalue weighted by atomic mass is 16.5. The molecule has 0 radical (unpaired) electrons. The fraction of sp³-hybridized carbons (Fsp3) is 0.727. The van der Waals surface area contributed by atoms with Crippen molar-refractivity contribution in [2.45, 2.75) is 25.7 Å². The maximum atomic E-state index is 12.0. The quantitative estimate of drug-likeness (QED) is 0.661. The second kappa shape index (κ2) is 5.81. The molecule has 1 aromatic rings. The first-order valence-corrected chi connectivity index (χ1v) is 6.26. The Labute approximate surface area is 105 Å². The minimum absolute atomic E-state index is 0.0581. The Morgan fingerprint density at radius 2 is 2.33 bits per heavy atom. The molecule has 0 saturated heterocycles. The number of nitrogens with two attached hydrogens (primary N) is 2. The lowest BCUT2D eigenvalue weighted by molar-refractivity contribution is -0.125. The third-order valence-corrected chi connectivity index (χ3v) is 3.42. The van der Waals surface area contributed by atoms with Crippen LogP contribution in [0.3, 0.4) is 0 Å². The third kappa shape index (κ3) is 2.98. The smallest absolute Gasteiger partial charge is 0.260 e. The molecule has 2 atom stereocenters. The zero-order chi connectivity index (χ0) is 13.0.